The lowest BCUT2D eigenvalue weighted by Crippen LogP contribution is -2.26. The monoisotopic (exact) mass is 520 g/mol. The van der Waals surface area contributed by atoms with Crippen LogP contribution in [0.3, 0.4) is 0 Å². The molecule has 0 aliphatic heterocycles. The highest BCUT2D eigenvalue weighted by Crippen LogP contribution is 2.37. The van der Waals surface area contributed by atoms with Gasteiger partial charge in [0.05, 0.1) is 10.9 Å². The first-order valence-electron chi connectivity index (χ1n) is 9.01. The van der Waals surface area contributed by atoms with Crippen LogP contribution < -0.4 is 4.90 Å². The molecule has 0 unspecified atom stereocenters. The van der Waals surface area contributed by atoms with Gasteiger partial charge in [-0.2, -0.15) is 13.2 Å². The standard InChI is InChI=1S/C17H14F3IN4S.C2H6/c18-17(19,20)12-3-1-11(2-4-12)9-24(13-5-6-13)15-14-7-8-25(26-21)16(14)23-10-22-15;1-2/h1-4,7-8,10,13H,5-6,9H2;1-2H3. The molecule has 1 fully saturated rings. The molecule has 0 saturated heterocycles. The number of hydrogen-bond acceptors (Lipinski definition) is 4. The molecule has 28 heavy (non-hydrogen) atoms. The molecule has 9 heteroatoms. The van der Waals surface area contributed by atoms with Crippen molar-refractivity contribution in [3.8, 4) is 0 Å². The van der Waals surface area contributed by atoms with Gasteiger partial charge in [-0.05, 0) is 36.6 Å². The highest BCUT2D eigenvalue weighted by Gasteiger charge is 2.32. The van der Waals surface area contributed by atoms with Crippen LogP contribution >= 0.6 is 30.3 Å². The van der Waals surface area contributed by atoms with Gasteiger partial charge in [-0.1, -0.05) is 26.0 Å². The van der Waals surface area contributed by atoms with Crippen molar-refractivity contribution in [2.75, 3.05) is 4.90 Å². The predicted octanol–water partition coefficient (Wildman–Crippen LogP) is 6.49. The van der Waals surface area contributed by atoms with E-state index in [4.69, 9.17) is 0 Å². The fourth-order valence-corrected chi connectivity index (χ4v) is 4.23. The molecule has 1 saturated carbocycles. The van der Waals surface area contributed by atoms with Crippen LogP contribution in [0.15, 0.2) is 42.9 Å². The Hall–Kier alpha value is -1.49. The van der Waals surface area contributed by atoms with E-state index in [0.29, 0.717) is 12.6 Å². The van der Waals surface area contributed by atoms with Crippen molar-refractivity contribution < 1.29 is 13.2 Å². The molecule has 2 aromatic heterocycles. The molecular weight excluding hydrogens is 500 g/mol. The Labute approximate surface area is 178 Å². The average Bonchev–Trinajstić information content (AvgIpc) is 3.45. The zero-order valence-electron chi connectivity index (χ0n) is 15.4. The van der Waals surface area contributed by atoms with Gasteiger partial charge in [0.15, 0.2) is 5.65 Å². The first kappa shape index (κ1) is 21.2. The summed E-state index contributed by atoms with van der Waals surface area (Å²) < 4.78 is 40.3. The van der Waals surface area contributed by atoms with E-state index < -0.39 is 11.7 Å². The van der Waals surface area contributed by atoms with Crippen molar-refractivity contribution >= 4 is 47.2 Å². The van der Waals surface area contributed by atoms with Crippen LogP contribution in [0.4, 0.5) is 19.0 Å². The Bertz CT molecular complexity index is 923. The lowest BCUT2D eigenvalue weighted by molar-refractivity contribution is -0.137. The summed E-state index contributed by atoms with van der Waals surface area (Å²) in [6, 6.07) is 7.72. The highest BCUT2D eigenvalue weighted by molar-refractivity contribution is 14.2. The number of benzene rings is 1. The van der Waals surface area contributed by atoms with E-state index in [1.54, 1.807) is 18.5 Å². The molecule has 3 aromatic rings. The first-order valence-corrected chi connectivity index (χ1v) is 12.3. The van der Waals surface area contributed by atoms with Crippen molar-refractivity contribution in [2.24, 2.45) is 0 Å². The molecule has 0 radical (unpaired) electrons. The number of fused-ring (bicyclic) bond motifs is 1. The third-order valence-corrected chi connectivity index (χ3v) is 6.11. The van der Waals surface area contributed by atoms with Crippen LogP contribution in [0, 0.1) is 0 Å². The van der Waals surface area contributed by atoms with Crippen LogP contribution in [-0.2, 0) is 12.7 Å². The average molecular weight is 520 g/mol. The first-order chi connectivity index (χ1) is 13.5. The number of anilines is 1. The fraction of sp³-hybridized carbons (Fsp3) is 0.368. The number of halogens is 4. The van der Waals surface area contributed by atoms with E-state index in [-0.39, 0.29) is 0 Å². The van der Waals surface area contributed by atoms with Crippen molar-refractivity contribution in [1.82, 2.24) is 13.9 Å². The summed E-state index contributed by atoms with van der Waals surface area (Å²) in [4.78, 5) is 11.0. The molecule has 4 rings (SSSR count). The van der Waals surface area contributed by atoms with E-state index in [2.05, 4.69) is 36.1 Å². The van der Waals surface area contributed by atoms with Gasteiger partial charge in [-0.3, -0.25) is 3.97 Å². The summed E-state index contributed by atoms with van der Waals surface area (Å²) in [5, 5.41) is 0.954. The molecule has 4 nitrogen and oxygen atoms in total. The van der Waals surface area contributed by atoms with Gasteiger partial charge in [-0.15, -0.1) is 0 Å². The van der Waals surface area contributed by atoms with Gasteiger partial charge >= 0.3 is 6.18 Å². The van der Waals surface area contributed by atoms with Crippen molar-refractivity contribution in [3.05, 3.63) is 54.0 Å². The predicted molar refractivity (Wildman–Crippen MR) is 117 cm³/mol. The molecule has 1 aliphatic rings. The highest BCUT2D eigenvalue weighted by atomic mass is 127. The van der Waals surface area contributed by atoms with E-state index in [0.717, 1.165) is 47.4 Å². The molecule has 0 amide bonds. The molecule has 0 atom stereocenters. The van der Waals surface area contributed by atoms with Gasteiger partial charge in [-0.25, -0.2) is 9.97 Å². The van der Waals surface area contributed by atoms with Gasteiger partial charge in [0.25, 0.3) is 0 Å². The topological polar surface area (TPSA) is 34.0 Å². The number of aromatic nitrogens is 3. The number of alkyl halides is 3. The Morgan fingerprint density at radius 3 is 2.39 bits per heavy atom. The summed E-state index contributed by atoms with van der Waals surface area (Å²) in [6.07, 6.45) is 1.31. The van der Waals surface area contributed by atoms with Crippen LogP contribution in [0.1, 0.15) is 37.8 Å². The van der Waals surface area contributed by atoms with Gasteiger partial charge < -0.3 is 4.90 Å². The summed E-state index contributed by atoms with van der Waals surface area (Å²) in [5.74, 6) is 0.835. The molecular formula is C19H20F3IN4S. The molecule has 0 bridgehead atoms. The molecule has 150 valence electrons. The smallest absolute Gasteiger partial charge is 0.349 e. The zero-order valence-corrected chi connectivity index (χ0v) is 18.4. The van der Waals surface area contributed by atoms with E-state index in [1.807, 2.05) is 30.1 Å². The minimum Gasteiger partial charge on any atom is -0.349 e. The third-order valence-electron chi connectivity index (χ3n) is 4.40. The lowest BCUT2D eigenvalue weighted by Gasteiger charge is -2.24. The maximum absolute atomic E-state index is 12.8. The van der Waals surface area contributed by atoms with E-state index >= 15 is 0 Å². The summed E-state index contributed by atoms with van der Waals surface area (Å²) in [6.45, 7) is 4.53. The summed E-state index contributed by atoms with van der Waals surface area (Å²) in [7, 11) is 1.53. The normalized spacial score (nSPS) is 13.9. The Morgan fingerprint density at radius 2 is 1.82 bits per heavy atom. The summed E-state index contributed by atoms with van der Waals surface area (Å²) >= 11 is 2.19. The van der Waals surface area contributed by atoms with Gasteiger partial charge in [0.2, 0.25) is 0 Å². The second-order valence-electron chi connectivity index (χ2n) is 6.20. The van der Waals surface area contributed by atoms with Crippen LogP contribution in [0.5, 0.6) is 0 Å². The van der Waals surface area contributed by atoms with Crippen molar-refractivity contribution in [3.63, 3.8) is 0 Å². The van der Waals surface area contributed by atoms with E-state index in [1.165, 1.54) is 9.12 Å². The molecule has 0 N–H and O–H groups in total. The molecule has 1 aliphatic carbocycles. The number of rotatable bonds is 5. The summed E-state index contributed by atoms with van der Waals surface area (Å²) in [5.41, 5.74) is 1.05. The van der Waals surface area contributed by atoms with Crippen molar-refractivity contribution in [1.29, 1.82) is 0 Å². The zero-order chi connectivity index (χ0) is 20.3. The SMILES string of the molecule is CC.FC(F)(F)c1ccc(CN(c2ncnc3c2ccn3SI)C2CC2)cc1. The molecule has 0 spiro atoms. The van der Waals surface area contributed by atoms with E-state index in [9.17, 15) is 13.2 Å². The minimum absolute atomic E-state index is 0.367. The fourth-order valence-electron chi connectivity index (χ4n) is 2.96. The third kappa shape index (κ3) is 4.56. The maximum Gasteiger partial charge on any atom is 0.416 e. The van der Waals surface area contributed by atoms with Crippen LogP contribution in [0.25, 0.3) is 11.0 Å². The van der Waals surface area contributed by atoms with Crippen molar-refractivity contribution in [2.45, 2.75) is 45.5 Å². The maximum atomic E-state index is 12.8. The number of hydrogen-bond donors (Lipinski definition) is 0. The van der Waals surface area contributed by atoms with Crippen LogP contribution in [-0.4, -0.2) is 20.0 Å². The Balaban J connectivity index is 0.00000109. The molecule has 1 aromatic carbocycles. The Kier molecular flexibility index (Phi) is 6.74. The largest absolute Gasteiger partial charge is 0.416 e. The lowest BCUT2D eigenvalue weighted by atomic mass is 10.1. The molecule has 2 heterocycles. The second kappa shape index (κ2) is 8.89. The number of nitrogens with zero attached hydrogens (tertiary/aromatic N) is 4. The van der Waals surface area contributed by atoms with Gasteiger partial charge in [0.1, 0.15) is 12.1 Å². The quantitative estimate of drug-likeness (QED) is 0.360. The minimum atomic E-state index is -4.31. The Morgan fingerprint density at radius 1 is 1.14 bits per heavy atom. The second-order valence-corrected chi connectivity index (χ2v) is 7.91. The van der Waals surface area contributed by atoms with Gasteiger partial charge in [0, 0.05) is 49.1 Å². The van der Waals surface area contributed by atoms with Crippen LogP contribution in [0.2, 0.25) is 0 Å².